The average molecular weight is 470 g/mol. The van der Waals surface area contributed by atoms with E-state index in [4.69, 9.17) is 9.47 Å². The molecular formula is C20H17F3N2O6S. The fourth-order valence-corrected chi connectivity index (χ4v) is 3.58. The quantitative estimate of drug-likeness (QED) is 0.479. The van der Waals surface area contributed by atoms with Crippen LogP contribution in [0.5, 0.6) is 17.2 Å². The topological polar surface area (TPSA) is 107 Å². The zero-order valence-electron chi connectivity index (χ0n) is 16.6. The van der Waals surface area contributed by atoms with Crippen LogP contribution in [0.3, 0.4) is 0 Å². The molecule has 3 aromatic rings. The summed E-state index contributed by atoms with van der Waals surface area (Å²) in [7, 11) is 1.42. The van der Waals surface area contributed by atoms with Gasteiger partial charge in [0.1, 0.15) is 5.75 Å². The van der Waals surface area contributed by atoms with E-state index >= 15 is 0 Å². The molecule has 3 rings (SSSR count). The van der Waals surface area contributed by atoms with E-state index in [1.54, 1.807) is 12.1 Å². The van der Waals surface area contributed by atoms with Crippen LogP contribution >= 0.6 is 11.3 Å². The van der Waals surface area contributed by atoms with Gasteiger partial charge in [-0.2, -0.15) is 0 Å². The Bertz CT molecular complexity index is 1130. The molecule has 1 amide bonds. The van der Waals surface area contributed by atoms with Gasteiger partial charge in [-0.25, -0.2) is 4.98 Å². The number of fused-ring (bicyclic) bond motifs is 1. The first-order valence-corrected chi connectivity index (χ1v) is 9.92. The van der Waals surface area contributed by atoms with Gasteiger partial charge in [0.15, 0.2) is 23.2 Å². The van der Waals surface area contributed by atoms with Gasteiger partial charge in [-0.3, -0.25) is 14.9 Å². The zero-order valence-corrected chi connectivity index (χ0v) is 17.4. The van der Waals surface area contributed by atoms with Gasteiger partial charge in [-0.05, 0) is 36.2 Å². The van der Waals surface area contributed by atoms with E-state index < -0.39 is 30.6 Å². The van der Waals surface area contributed by atoms with E-state index in [0.29, 0.717) is 21.5 Å². The van der Waals surface area contributed by atoms with E-state index in [1.807, 2.05) is 0 Å². The van der Waals surface area contributed by atoms with Crippen LogP contribution in [0.15, 0.2) is 36.4 Å². The van der Waals surface area contributed by atoms with Crippen molar-refractivity contribution < 1.29 is 42.1 Å². The van der Waals surface area contributed by atoms with E-state index in [9.17, 15) is 27.9 Å². The number of amides is 1. The summed E-state index contributed by atoms with van der Waals surface area (Å²) in [6.45, 7) is -0.551. The molecule has 2 N–H and O–H groups in total. The lowest BCUT2D eigenvalue weighted by Gasteiger charge is -2.07. The number of aryl methyl sites for hydroxylation is 1. The molecule has 170 valence electrons. The van der Waals surface area contributed by atoms with Crippen molar-refractivity contribution in [1.29, 1.82) is 0 Å². The highest BCUT2D eigenvalue weighted by Gasteiger charge is 2.31. The van der Waals surface area contributed by atoms with Crippen molar-refractivity contribution in [3.8, 4) is 17.2 Å². The number of halogens is 3. The Kier molecular flexibility index (Phi) is 7.03. The number of nitrogens with one attached hydrogen (secondary N) is 1. The highest BCUT2D eigenvalue weighted by molar-refractivity contribution is 7.22. The minimum absolute atomic E-state index is 0.0117. The van der Waals surface area contributed by atoms with Gasteiger partial charge in [-0.1, -0.05) is 17.4 Å². The third-order valence-corrected chi connectivity index (χ3v) is 5.00. The summed E-state index contributed by atoms with van der Waals surface area (Å²) < 4.78 is 51.0. The molecule has 0 saturated heterocycles. The standard InChI is InChI=1S/C20H17F3N2O6S/c1-29-15-6-2-11(8-14(15)26)3-7-18(28)30-10-17(27)25-19-24-13-5-4-12(9-16(13)32-19)31-20(21,22)23/h2,4-6,8-9,26H,3,7,10H2,1H3,(H,24,25,27). The SMILES string of the molecule is COc1ccc(CCC(=O)OCC(=O)Nc2nc3ccc(OC(F)(F)F)cc3s2)cc1O. The number of ether oxygens (including phenoxy) is 3. The number of carbonyl (C=O) groups is 2. The predicted octanol–water partition coefficient (Wildman–Crippen LogP) is 4.02. The molecule has 2 aromatic carbocycles. The van der Waals surface area contributed by atoms with Gasteiger partial charge in [0.25, 0.3) is 5.91 Å². The van der Waals surface area contributed by atoms with E-state index in [2.05, 4.69) is 15.0 Å². The fraction of sp³-hybridized carbons (Fsp3) is 0.250. The number of carbonyl (C=O) groups excluding carboxylic acids is 2. The van der Waals surface area contributed by atoms with Crippen molar-refractivity contribution in [3.63, 3.8) is 0 Å². The number of hydrogen-bond donors (Lipinski definition) is 2. The number of alkyl halides is 3. The normalized spacial score (nSPS) is 11.2. The van der Waals surface area contributed by atoms with Gasteiger partial charge in [0, 0.05) is 12.5 Å². The summed E-state index contributed by atoms with van der Waals surface area (Å²) >= 11 is 0.947. The van der Waals surface area contributed by atoms with Crippen LogP contribution in [-0.4, -0.2) is 42.0 Å². The number of aromatic hydroxyl groups is 1. The zero-order chi connectivity index (χ0) is 23.3. The Morgan fingerprint density at radius 2 is 1.97 bits per heavy atom. The lowest BCUT2D eigenvalue weighted by Crippen LogP contribution is -2.20. The molecule has 32 heavy (non-hydrogen) atoms. The van der Waals surface area contributed by atoms with Gasteiger partial charge in [-0.15, -0.1) is 13.2 Å². The number of phenolic OH excluding ortho intramolecular Hbond substituents is 1. The highest BCUT2D eigenvalue weighted by Crippen LogP contribution is 2.31. The number of benzene rings is 2. The van der Waals surface area contributed by atoms with Crippen molar-refractivity contribution in [2.24, 2.45) is 0 Å². The molecule has 0 aliphatic heterocycles. The summed E-state index contributed by atoms with van der Waals surface area (Å²) in [5.41, 5.74) is 1.06. The predicted molar refractivity (Wildman–Crippen MR) is 109 cm³/mol. The number of rotatable bonds is 8. The minimum atomic E-state index is -4.81. The van der Waals surface area contributed by atoms with E-state index in [0.717, 1.165) is 23.5 Å². The Morgan fingerprint density at radius 3 is 2.66 bits per heavy atom. The molecule has 12 heteroatoms. The van der Waals surface area contributed by atoms with Crippen molar-refractivity contribution in [3.05, 3.63) is 42.0 Å². The van der Waals surface area contributed by atoms with Crippen LogP contribution in [0, 0.1) is 0 Å². The van der Waals surface area contributed by atoms with Crippen molar-refractivity contribution >= 4 is 38.6 Å². The largest absolute Gasteiger partial charge is 0.573 e. The molecule has 0 fully saturated rings. The van der Waals surface area contributed by atoms with E-state index in [-0.39, 0.29) is 23.7 Å². The summed E-state index contributed by atoms with van der Waals surface area (Å²) in [4.78, 5) is 28.0. The molecule has 0 spiro atoms. The first-order chi connectivity index (χ1) is 15.1. The number of methoxy groups -OCH3 is 1. The molecule has 8 nitrogen and oxygen atoms in total. The lowest BCUT2D eigenvalue weighted by atomic mass is 10.1. The van der Waals surface area contributed by atoms with Crippen molar-refractivity contribution in [2.75, 3.05) is 19.0 Å². The van der Waals surface area contributed by atoms with Gasteiger partial charge in [0.2, 0.25) is 0 Å². The highest BCUT2D eigenvalue weighted by atomic mass is 32.1. The maximum atomic E-state index is 12.3. The van der Waals surface area contributed by atoms with Crippen LogP contribution in [-0.2, 0) is 20.7 Å². The van der Waals surface area contributed by atoms with Gasteiger partial charge in [0.05, 0.1) is 17.3 Å². The molecular weight excluding hydrogens is 453 g/mol. The molecule has 0 bridgehead atoms. The number of phenols is 1. The molecule has 0 unspecified atom stereocenters. The van der Waals surface area contributed by atoms with Gasteiger partial charge < -0.3 is 19.3 Å². The lowest BCUT2D eigenvalue weighted by molar-refractivity contribution is -0.274. The summed E-state index contributed by atoms with van der Waals surface area (Å²) in [5.74, 6) is -1.40. The van der Waals surface area contributed by atoms with Gasteiger partial charge >= 0.3 is 12.3 Å². The second-order valence-electron chi connectivity index (χ2n) is 6.41. The minimum Gasteiger partial charge on any atom is -0.504 e. The van der Waals surface area contributed by atoms with Crippen LogP contribution in [0.25, 0.3) is 10.2 Å². The van der Waals surface area contributed by atoms with Crippen LogP contribution in [0.2, 0.25) is 0 Å². The number of esters is 1. The monoisotopic (exact) mass is 470 g/mol. The molecule has 0 aliphatic carbocycles. The Balaban J connectivity index is 1.48. The first kappa shape index (κ1) is 23.1. The van der Waals surface area contributed by atoms with Crippen molar-refractivity contribution in [2.45, 2.75) is 19.2 Å². The molecule has 0 aliphatic rings. The second kappa shape index (κ2) is 9.73. The Hall–Kier alpha value is -3.54. The average Bonchev–Trinajstić information content (AvgIpc) is 3.11. The second-order valence-corrected chi connectivity index (χ2v) is 7.44. The molecule has 0 saturated carbocycles. The number of thiazole rings is 1. The number of nitrogens with zero attached hydrogens (tertiary/aromatic N) is 1. The number of anilines is 1. The van der Waals surface area contributed by atoms with Crippen molar-refractivity contribution in [1.82, 2.24) is 4.98 Å². The maximum Gasteiger partial charge on any atom is 0.573 e. The fourth-order valence-electron chi connectivity index (χ4n) is 2.67. The first-order valence-electron chi connectivity index (χ1n) is 9.10. The third-order valence-electron chi connectivity index (χ3n) is 4.07. The third kappa shape index (κ3) is 6.48. The summed E-state index contributed by atoms with van der Waals surface area (Å²) in [6.07, 6.45) is -4.53. The number of hydrogen-bond acceptors (Lipinski definition) is 8. The Labute approximate surface area is 183 Å². The van der Waals surface area contributed by atoms with E-state index in [1.165, 1.54) is 19.2 Å². The summed E-state index contributed by atoms with van der Waals surface area (Å²) in [6, 6.07) is 8.34. The molecule has 1 heterocycles. The van der Waals surface area contributed by atoms with Crippen LogP contribution in [0.1, 0.15) is 12.0 Å². The maximum absolute atomic E-state index is 12.3. The number of aromatic nitrogens is 1. The smallest absolute Gasteiger partial charge is 0.504 e. The molecule has 0 radical (unpaired) electrons. The van der Waals surface area contributed by atoms with Crippen LogP contribution < -0.4 is 14.8 Å². The molecule has 0 atom stereocenters. The molecule has 1 aromatic heterocycles. The summed E-state index contributed by atoms with van der Waals surface area (Å²) in [5, 5.41) is 12.3. The van der Waals surface area contributed by atoms with Crippen LogP contribution in [0.4, 0.5) is 18.3 Å². The Morgan fingerprint density at radius 1 is 1.19 bits per heavy atom.